The molecule has 1 aliphatic carbocycles. The fourth-order valence-corrected chi connectivity index (χ4v) is 1.50. The van der Waals surface area contributed by atoms with Gasteiger partial charge in [0.2, 0.25) is 0 Å². The molecule has 0 radical (unpaired) electrons. The van der Waals surface area contributed by atoms with E-state index in [9.17, 15) is 0 Å². The van der Waals surface area contributed by atoms with Crippen LogP contribution in [0.1, 0.15) is 25.0 Å². The van der Waals surface area contributed by atoms with Gasteiger partial charge in [0, 0.05) is 0 Å². The predicted molar refractivity (Wildman–Crippen MR) is 52.8 cm³/mol. The van der Waals surface area contributed by atoms with Crippen molar-refractivity contribution in [1.29, 1.82) is 5.26 Å². The Bertz CT molecular complexity index is 407. The van der Waals surface area contributed by atoms with Gasteiger partial charge in [-0.05, 0) is 31.4 Å². The lowest BCUT2D eigenvalue weighted by atomic mass is 10.2. The Morgan fingerprint density at radius 1 is 1.50 bits per heavy atom. The van der Waals surface area contributed by atoms with E-state index < -0.39 is 0 Å². The molecule has 14 heavy (non-hydrogen) atoms. The van der Waals surface area contributed by atoms with Gasteiger partial charge in [0.1, 0.15) is 5.76 Å². The lowest BCUT2D eigenvalue weighted by molar-refractivity contribution is 0.560. The molecule has 1 aliphatic rings. The summed E-state index contributed by atoms with van der Waals surface area (Å²) in [5, 5.41) is 8.79. The molecule has 0 atom stereocenters. The van der Waals surface area contributed by atoms with Crippen LogP contribution in [0.2, 0.25) is 0 Å². The molecule has 1 aromatic rings. The van der Waals surface area contributed by atoms with Gasteiger partial charge in [-0.25, -0.2) is 0 Å². The molecule has 0 N–H and O–H groups in total. The Morgan fingerprint density at radius 2 is 2.43 bits per heavy atom. The molecule has 1 aromatic heterocycles. The molecule has 2 rings (SSSR count). The molecule has 1 heterocycles. The van der Waals surface area contributed by atoms with Crippen LogP contribution in [0.5, 0.6) is 0 Å². The number of nitriles is 1. The van der Waals surface area contributed by atoms with E-state index in [1.807, 2.05) is 12.1 Å². The highest BCUT2D eigenvalue weighted by Gasteiger charge is 2.12. The molecule has 0 fully saturated rings. The van der Waals surface area contributed by atoms with Gasteiger partial charge in [-0.1, -0.05) is 0 Å². The average Bonchev–Trinajstić information content (AvgIpc) is 2.85. The third kappa shape index (κ3) is 1.74. The fourth-order valence-electron chi connectivity index (χ4n) is 1.50. The first-order valence-corrected chi connectivity index (χ1v) is 4.60. The number of nitrogens with zero attached hydrogens (tertiary/aromatic N) is 2. The van der Waals surface area contributed by atoms with Crippen LogP contribution in [0.4, 0.5) is 0 Å². The second kappa shape index (κ2) is 3.93. The molecule has 0 saturated carbocycles. The van der Waals surface area contributed by atoms with Crippen LogP contribution in [0, 0.1) is 11.3 Å². The zero-order valence-electron chi connectivity index (χ0n) is 7.73. The summed E-state index contributed by atoms with van der Waals surface area (Å²) in [6.07, 6.45) is 6.07. The topological polar surface area (TPSA) is 49.3 Å². The van der Waals surface area contributed by atoms with E-state index in [-0.39, 0.29) is 0 Å². The molecule has 0 bridgehead atoms. The van der Waals surface area contributed by atoms with Crippen molar-refractivity contribution in [2.45, 2.75) is 19.3 Å². The Kier molecular flexibility index (Phi) is 2.46. The van der Waals surface area contributed by atoms with E-state index in [1.165, 1.54) is 0 Å². The third-order valence-electron chi connectivity index (χ3n) is 2.21. The standard InChI is InChI=1S/C11H10N2O/c12-7-9-3-1-5-11(9)13-8-10-4-2-6-14-10/h2,4,6,8H,1,3,5H2. The van der Waals surface area contributed by atoms with Crippen molar-refractivity contribution in [2.75, 3.05) is 0 Å². The number of allylic oxidation sites excluding steroid dienone is 2. The van der Waals surface area contributed by atoms with Crippen molar-refractivity contribution in [3.8, 4) is 6.07 Å². The van der Waals surface area contributed by atoms with Crippen molar-refractivity contribution >= 4 is 6.21 Å². The van der Waals surface area contributed by atoms with E-state index >= 15 is 0 Å². The monoisotopic (exact) mass is 186 g/mol. The highest BCUT2D eigenvalue weighted by molar-refractivity contribution is 5.76. The van der Waals surface area contributed by atoms with Crippen molar-refractivity contribution in [3.63, 3.8) is 0 Å². The number of furan rings is 1. The van der Waals surface area contributed by atoms with Crippen LogP contribution >= 0.6 is 0 Å². The summed E-state index contributed by atoms with van der Waals surface area (Å²) in [7, 11) is 0. The Balaban J connectivity index is 2.15. The van der Waals surface area contributed by atoms with E-state index in [2.05, 4.69) is 11.1 Å². The maximum atomic E-state index is 8.79. The second-order valence-corrected chi connectivity index (χ2v) is 3.16. The highest BCUT2D eigenvalue weighted by atomic mass is 16.3. The second-order valence-electron chi connectivity index (χ2n) is 3.16. The third-order valence-corrected chi connectivity index (χ3v) is 2.21. The molecule has 0 spiro atoms. The van der Waals surface area contributed by atoms with Crippen molar-refractivity contribution in [1.82, 2.24) is 0 Å². The minimum Gasteiger partial charge on any atom is -0.463 e. The Labute approximate surface area is 82.4 Å². The summed E-state index contributed by atoms with van der Waals surface area (Å²) >= 11 is 0. The quantitative estimate of drug-likeness (QED) is 0.666. The van der Waals surface area contributed by atoms with Gasteiger partial charge < -0.3 is 4.42 Å². The molecular formula is C11H10N2O. The normalized spacial score (nSPS) is 16.5. The molecule has 0 aliphatic heterocycles. The van der Waals surface area contributed by atoms with Crippen LogP contribution < -0.4 is 0 Å². The summed E-state index contributed by atoms with van der Waals surface area (Å²) in [4.78, 5) is 4.26. The van der Waals surface area contributed by atoms with Crippen LogP contribution in [-0.4, -0.2) is 6.21 Å². The highest BCUT2D eigenvalue weighted by Crippen LogP contribution is 2.25. The zero-order valence-corrected chi connectivity index (χ0v) is 7.73. The molecule has 0 saturated heterocycles. The first-order chi connectivity index (χ1) is 6.90. The Hall–Kier alpha value is -1.82. The first-order valence-electron chi connectivity index (χ1n) is 4.60. The molecular weight excluding hydrogens is 176 g/mol. The van der Waals surface area contributed by atoms with E-state index in [1.54, 1.807) is 12.5 Å². The summed E-state index contributed by atoms with van der Waals surface area (Å²) in [6.45, 7) is 0. The number of aliphatic imine (C=N–C) groups is 1. The van der Waals surface area contributed by atoms with E-state index in [0.717, 1.165) is 36.3 Å². The average molecular weight is 186 g/mol. The molecule has 0 unspecified atom stereocenters. The summed E-state index contributed by atoms with van der Waals surface area (Å²) < 4.78 is 5.11. The molecule has 0 aromatic carbocycles. The first kappa shape index (κ1) is 8.76. The SMILES string of the molecule is N#CC1=C(N=Cc2ccco2)CCC1. The summed E-state index contributed by atoms with van der Waals surface area (Å²) in [6, 6.07) is 5.83. The molecule has 3 heteroatoms. The van der Waals surface area contributed by atoms with Crippen molar-refractivity contribution < 1.29 is 4.42 Å². The smallest absolute Gasteiger partial charge is 0.144 e. The van der Waals surface area contributed by atoms with Gasteiger partial charge in [0.05, 0.1) is 29.8 Å². The van der Waals surface area contributed by atoms with Gasteiger partial charge in [0.15, 0.2) is 0 Å². The summed E-state index contributed by atoms with van der Waals surface area (Å²) in [5.41, 5.74) is 1.72. The van der Waals surface area contributed by atoms with Crippen LogP contribution in [0.15, 0.2) is 39.1 Å². The van der Waals surface area contributed by atoms with Crippen LogP contribution in [0.3, 0.4) is 0 Å². The summed E-state index contributed by atoms with van der Waals surface area (Å²) in [5.74, 6) is 0.724. The van der Waals surface area contributed by atoms with E-state index in [4.69, 9.17) is 9.68 Å². The lowest BCUT2D eigenvalue weighted by Crippen LogP contribution is -1.80. The maximum Gasteiger partial charge on any atom is 0.144 e. The van der Waals surface area contributed by atoms with Gasteiger partial charge in [-0.15, -0.1) is 0 Å². The number of hydrogen-bond donors (Lipinski definition) is 0. The molecule has 0 amide bonds. The largest absolute Gasteiger partial charge is 0.463 e. The lowest BCUT2D eigenvalue weighted by Gasteiger charge is -1.91. The van der Waals surface area contributed by atoms with Crippen LogP contribution in [0.25, 0.3) is 0 Å². The Morgan fingerprint density at radius 3 is 3.14 bits per heavy atom. The minimum atomic E-state index is 0.724. The number of hydrogen-bond acceptors (Lipinski definition) is 3. The fraction of sp³-hybridized carbons (Fsp3) is 0.273. The number of rotatable bonds is 2. The van der Waals surface area contributed by atoms with Gasteiger partial charge in [-0.2, -0.15) is 5.26 Å². The van der Waals surface area contributed by atoms with Crippen molar-refractivity contribution in [3.05, 3.63) is 35.4 Å². The van der Waals surface area contributed by atoms with Crippen LogP contribution in [-0.2, 0) is 0 Å². The van der Waals surface area contributed by atoms with E-state index in [0.29, 0.717) is 0 Å². The maximum absolute atomic E-state index is 8.79. The predicted octanol–water partition coefficient (Wildman–Crippen LogP) is 2.66. The van der Waals surface area contributed by atoms with Gasteiger partial charge in [0.25, 0.3) is 0 Å². The van der Waals surface area contributed by atoms with Gasteiger partial charge >= 0.3 is 0 Å². The zero-order chi connectivity index (χ0) is 9.80. The molecule has 70 valence electrons. The minimum absolute atomic E-state index is 0.724. The molecule has 3 nitrogen and oxygen atoms in total. The van der Waals surface area contributed by atoms with Gasteiger partial charge in [-0.3, -0.25) is 4.99 Å². The van der Waals surface area contributed by atoms with Crippen molar-refractivity contribution in [2.24, 2.45) is 4.99 Å².